The zero-order valence-electron chi connectivity index (χ0n) is 17.1. The maximum absolute atomic E-state index is 12.6. The first-order valence-electron chi connectivity index (χ1n) is 9.31. The number of nitrogens with one attached hydrogen (secondary N) is 2. The number of carbonyl (C=O) groups is 1. The largest absolute Gasteiger partial charge is 0.481 e. The van der Waals surface area contributed by atoms with Crippen LogP contribution in [0.3, 0.4) is 0 Å². The van der Waals surface area contributed by atoms with Gasteiger partial charge in [0.05, 0.1) is 9.82 Å². The lowest BCUT2D eigenvalue weighted by molar-refractivity contribution is -0.385. The van der Waals surface area contributed by atoms with Crippen LogP contribution in [0.15, 0.2) is 59.5 Å². The van der Waals surface area contributed by atoms with Crippen molar-refractivity contribution in [2.24, 2.45) is 0 Å². The molecule has 1 unspecified atom stereocenters. The third-order valence-electron chi connectivity index (χ3n) is 4.82. The first kappa shape index (κ1) is 22.2. The fourth-order valence-corrected chi connectivity index (χ4v) is 4.15. The van der Waals surface area contributed by atoms with Crippen LogP contribution in [0.4, 0.5) is 5.69 Å². The molecule has 1 amide bonds. The third kappa shape index (κ3) is 4.98. The smallest absolute Gasteiger partial charge is 0.275 e. The fraction of sp³-hybridized carbons (Fsp3) is 0.190. The lowest BCUT2D eigenvalue weighted by Crippen LogP contribution is -2.47. The van der Waals surface area contributed by atoms with E-state index in [4.69, 9.17) is 4.74 Å². The summed E-state index contributed by atoms with van der Waals surface area (Å²) in [5, 5.41) is 13.0. The number of sulfonamides is 1. The van der Waals surface area contributed by atoms with Crippen molar-refractivity contribution in [3.05, 3.63) is 75.8 Å². The maximum Gasteiger partial charge on any atom is 0.275 e. The van der Waals surface area contributed by atoms with Crippen LogP contribution in [0.2, 0.25) is 0 Å². The van der Waals surface area contributed by atoms with Gasteiger partial charge in [-0.05, 0) is 54.8 Å². The number of fused-ring (bicyclic) bond motifs is 1. The number of rotatable bonds is 7. The Balaban J connectivity index is 1.71. The van der Waals surface area contributed by atoms with Crippen LogP contribution in [-0.2, 0) is 14.8 Å². The number of aryl methyl sites for hydroxylation is 1. The Kier molecular flexibility index (Phi) is 6.23. The highest BCUT2D eigenvalue weighted by atomic mass is 32.2. The van der Waals surface area contributed by atoms with Gasteiger partial charge in [-0.15, -0.1) is 4.83 Å². The predicted octanol–water partition coefficient (Wildman–Crippen LogP) is 3.14. The summed E-state index contributed by atoms with van der Waals surface area (Å²) in [7, 11) is -4.24. The molecule has 0 bridgehead atoms. The summed E-state index contributed by atoms with van der Waals surface area (Å²) in [5.41, 5.74) is 2.52. The second-order valence-electron chi connectivity index (χ2n) is 7.01. The minimum absolute atomic E-state index is 0.289. The molecule has 3 rings (SSSR count). The van der Waals surface area contributed by atoms with Crippen LogP contribution in [-0.4, -0.2) is 25.4 Å². The molecule has 31 heavy (non-hydrogen) atoms. The zero-order chi connectivity index (χ0) is 22.8. The van der Waals surface area contributed by atoms with Crippen molar-refractivity contribution in [1.82, 2.24) is 10.3 Å². The quantitative estimate of drug-likeness (QED) is 0.426. The molecule has 0 aromatic heterocycles. The molecule has 0 heterocycles. The van der Waals surface area contributed by atoms with Crippen molar-refractivity contribution in [1.29, 1.82) is 0 Å². The van der Waals surface area contributed by atoms with Crippen LogP contribution in [0.1, 0.15) is 18.1 Å². The van der Waals surface area contributed by atoms with Gasteiger partial charge in [-0.2, -0.15) is 0 Å². The second-order valence-corrected chi connectivity index (χ2v) is 8.66. The summed E-state index contributed by atoms with van der Waals surface area (Å²) < 4.78 is 30.9. The molecule has 2 N–H and O–H groups in total. The molecular weight excluding hydrogens is 422 g/mol. The molecule has 9 nitrogen and oxygen atoms in total. The molecule has 0 saturated carbocycles. The highest BCUT2D eigenvalue weighted by Crippen LogP contribution is 2.25. The van der Waals surface area contributed by atoms with E-state index in [2.05, 4.69) is 5.43 Å². The van der Waals surface area contributed by atoms with Crippen molar-refractivity contribution in [2.75, 3.05) is 0 Å². The van der Waals surface area contributed by atoms with Crippen LogP contribution < -0.4 is 15.0 Å². The number of amides is 1. The summed E-state index contributed by atoms with van der Waals surface area (Å²) in [6.45, 7) is 4.57. The van der Waals surface area contributed by atoms with Crippen LogP contribution in [0.25, 0.3) is 10.8 Å². The average Bonchev–Trinajstić information content (AvgIpc) is 2.73. The highest BCUT2D eigenvalue weighted by Gasteiger charge is 2.24. The zero-order valence-corrected chi connectivity index (χ0v) is 17.9. The number of hydrazine groups is 1. The maximum atomic E-state index is 12.6. The molecule has 0 radical (unpaired) electrons. The number of benzene rings is 3. The van der Waals surface area contributed by atoms with Crippen molar-refractivity contribution < 1.29 is 22.9 Å². The number of hydrogen-bond acceptors (Lipinski definition) is 6. The number of carbonyl (C=O) groups excluding carboxylic acids is 1. The van der Waals surface area contributed by atoms with Gasteiger partial charge in [0.1, 0.15) is 5.75 Å². The van der Waals surface area contributed by atoms with E-state index in [9.17, 15) is 23.3 Å². The number of ether oxygens (including phenoxy) is 1. The standard InChI is InChI=1S/C21H21N3O6S/c1-13-10-18(24(26)27)12-20(14(13)2)31(28,29)23-22-21(25)15(3)30-19-9-8-16-6-4-5-7-17(16)11-19/h4-12,15,23H,1-3H3,(H,22,25). The first-order valence-corrected chi connectivity index (χ1v) is 10.8. The molecule has 0 spiro atoms. The van der Waals surface area contributed by atoms with E-state index in [0.717, 1.165) is 16.8 Å². The average molecular weight is 443 g/mol. The number of hydrogen-bond donors (Lipinski definition) is 2. The molecule has 3 aromatic carbocycles. The van der Waals surface area contributed by atoms with Gasteiger partial charge in [-0.25, -0.2) is 8.42 Å². The van der Waals surface area contributed by atoms with E-state index in [1.165, 1.54) is 19.9 Å². The van der Waals surface area contributed by atoms with Gasteiger partial charge in [0.25, 0.3) is 21.6 Å². The van der Waals surface area contributed by atoms with E-state index in [0.29, 0.717) is 16.9 Å². The van der Waals surface area contributed by atoms with Crippen molar-refractivity contribution in [3.8, 4) is 5.75 Å². The number of nitro benzene ring substituents is 1. The number of non-ortho nitro benzene ring substituents is 1. The van der Waals surface area contributed by atoms with Crippen LogP contribution in [0.5, 0.6) is 5.75 Å². The van der Waals surface area contributed by atoms with Gasteiger partial charge in [-0.1, -0.05) is 30.3 Å². The molecule has 162 valence electrons. The Bertz CT molecular complexity index is 1270. The van der Waals surface area contributed by atoms with E-state index in [1.54, 1.807) is 19.1 Å². The molecule has 1 atom stereocenters. The topological polar surface area (TPSA) is 128 Å². The Morgan fingerprint density at radius 3 is 2.42 bits per heavy atom. The van der Waals surface area contributed by atoms with Crippen LogP contribution >= 0.6 is 0 Å². The van der Waals surface area contributed by atoms with E-state index in [1.807, 2.05) is 35.2 Å². The summed E-state index contributed by atoms with van der Waals surface area (Å²) in [6.07, 6.45) is -1.00. The van der Waals surface area contributed by atoms with E-state index >= 15 is 0 Å². The van der Waals surface area contributed by atoms with Gasteiger partial charge in [0, 0.05) is 12.1 Å². The Morgan fingerprint density at radius 2 is 1.74 bits per heavy atom. The number of nitro groups is 1. The van der Waals surface area contributed by atoms with Gasteiger partial charge in [-0.3, -0.25) is 20.3 Å². The SMILES string of the molecule is Cc1cc([N+](=O)[O-])cc(S(=O)(=O)NNC(=O)C(C)Oc2ccc3ccccc3c2)c1C. The fourth-order valence-electron chi connectivity index (χ4n) is 2.97. The molecule has 0 aliphatic heterocycles. The van der Waals surface area contributed by atoms with Gasteiger partial charge >= 0.3 is 0 Å². The minimum atomic E-state index is -4.24. The second kappa shape index (κ2) is 8.70. The summed E-state index contributed by atoms with van der Waals surface area (Å²) in [5.74, 6) is -0.272. The minimum Gasteiger partial charge on any atom is -0.481 e. The number of nitrogens with zero attached hydrogens (tertiary/aromatic N) is 1. The molecule has 0 saturated heterocycles. The van der Waals surface area contributed by atoms with Gasteiger partial charge in [0.15, 0.2) is 6.10 Å². The third-order valence-corrected chi connectivity index (χ3v) is 6.19. The Morgan fingerprint density at radius 1 is 1.06 bits per heavy atom. The van der Waals surface area contributed by atoms with E-state index in [-0.39, 0.29) is 10.6 Å². The van der Waals surface area contributed by atoms with Crippen molar-refractivity contribution in [2.45, 2.75) is 31.8 Å². The van der Waals surface area contributed by atoms with Crippen molar-refractivity contribution >= 4 is 32.4 Å². The summed E-state index contributed by atoms with van der Waals surface area (Å²) >= 11 is 0. The van der Waals surface area contributed by atoms with Gasteiger partial charge in [0.2, 0.25) is 0 Å². The lowest BCUT2D eigenvalue weighted by atomic mass is 10.1. The predicted molar refractivity (Wildman–Crippen MR) is 115 cm³/mol. The molecule has 0 aliphatic rings. The van der Waals surface area contributed by atoms with E-state index < -0.39 is 27.0 Å². The molecule has 10 heteroatoms. The molecular formula is C21H21N3O6S. The van der Waals surface area contributed by atoms with Crippen LogP contribution in [0, 0.1) is 24.0 Å². The first-order chi connectivity index (χ1) is 14.6. The molecule has 0 aliphatic carbocycles. The highest BCUT2D eigenvalue weighted by molar-refractivity contribution is 7.89. The lowest BCUT2D eigenvalue weighted by Gasteiger charge is -2.16. The molecule has 0 fully saturated rings. The Hall–Kier alpha value is -3.50. The molecule has 3 aromatic rings. The summed E-state index contributed by atoms with van der Waals surface area (Å²) in [4.78, 5) is 24.4. The van der Waals surface area contributed by atoms with Gasteiger partial charge < -0.3 is 4.74 Å². The van der Waals surface area contributed by atoms with Crippen molar-refractivity contribution in [3.63, 3.8) is 0 Å². The monoisotopic (exact) mass is 443 g/mol. The summed E-state index contributed by atoms with van der Waals surface area (Å²) in [6, 6.07) is 15.2. The normalized spacial score (nSPS) is 12.4. The Labute approximate surface area is 179 Å².